The Hall–Kier alpha value is -0.340. The Balaban J connectivity index is 2.20. The Morgan fingerprint density at radius 2 is 1.90 bits per heavy atom. The fourth-order valence-electron chi connectivity index (χ4n) is 4.18. The van der Waals surface area contributed by atoms with Crippen LogP contribution in [0.3, 0.4) is 0 Å². The van der Waals surface area contributed by atoms with E-state index >= 15 is 0 Å². The van der Waals surface area contributed by atoms with Crippen LogP contribution in [0.15, 0.2) is 11.6 Å². The lowest BCUT2D eigenvalue weighted by atomic mass is 9.81. The van der Waals surface area contributed by atoms with Crippen LogP contribution in [-0.2, 0) is 0 Å². The standard InChI is InChI=1S/C19H36N2/c1-4-14-20-18(17-12-8-6-7-9-13-17)19(3,5-2)21-15-10-11-16-21/h12,18,20H,4-11,13-16H2,1-3H3. The van der Waals surface area contributed by atoms with E-state index in [1.807, 2.05) is 0 Å². The van der Waals surface area contributed by atoms with Crippen LogP contribution in [0.1, 0.15) is 78.6 Å². The van der Waals surface area contributed by atoms with Crippen LogP contribution >= 0.6 is 0 Å². The molecule has 2 aliphatic rings. The summed E-state index contributed by atoms with van der Waals surface area (Å²) in [6, 6.07) is 0.554. The first-order valence-electron chi connectivity index (χ1n) is 9.39. The van der Waals surface area contributed by atoms with Gasteiger partial charge in [0.2, 0.25) is 0 Å². The van der Waals surface area contributed by atoms with E-state index in [9.17, 15) is 0 Å². The smallest absolute Gasteiger partial charge is 0.0463 e. The summed E-state index contributed by atoms with van der Waals surface area (Å²) in [5.74, 6) is 0. The molecule has 0 spiro atoms. The van der Waals surface area contributed by atoms with Crippen molar-refractivity contribution in [3.8, 4) is 0 Å². The van der Waals surface area contributed by atoms with Crippen molar-refractivity contribution in [2.45, 2.75) is 90.1 Å². The van der Waals surface area contributed by atoms with Crippen molar-refractivity contribution >= 4 is 0 Å². The Labute approximate surface area is 132 Å². The number of nitrogens with one attached hydrogen (secondary N) is 1. The molecule has 1 heterocycles. The van der Waals surface area contributed by atoms with E-state index in [0.717, 1.165) is 6.54 Å². The second-order valence-corrected chi connectivity index (χ2v) is 7.17. The number of rotatable bonds is 7. The zero-order valence-electron chi connectivity index (χ0n) is 14.6. The number of hydrogen-bond acceptors (Lipinski definition) is 2. The lowest BCUT2D eigenvalue weighted by molar-refractivity contribution is 0.0962. The van der Waals surface area contributed by atoms with Crippen LogP contribution in [0.2, 0.25) is 0 Å². The molecule has 0 aromatic rings. The highest BCUT2D eigenvalue weighted by molar-refractivity contribution is 5.20. The summed E-state index contributed by atoms with van der Waals surface area (Å²) < 4.78 is 0. The maximum absolute atomic E-state index is 3.93. The normalized spacial score (nSPS) is 25.2. The van der Waals surface area contributed by atoms with Gasteiger partial charge in [-0.2, -0.15) is 0 Å². The van der Waals surface area contributed by atoms with Crippen LogP contribution in [0, 0.1) is 0 Å². The fourth-order valence-corrected chi connectivity index (χ4v) is 4.18. The summed E-state index contributed by atoms with van der Waals surface area (Å²) in [4.78, 5) is 2.77. The maximum atomic E-state index is 3.93. The molecule has 0 aromatic carbocycles. The molecule has 1 aliphatic carbocycles. The van der Waals surface area contributed by atoms with Gasteiger partial charge >= 0.3 is 0 Å². The second-order valence-electron chi connectivity index (χ2n) is 7.17. The summed E-state index contributed by atoms with van der Waals surface area (Å²) in [5.41, 5.74) is 2.00. The molecule has 0 amide bonds. The predicted octanol–water partition coefficient (Wildman–Crippen LogP) is 4.51. The molecule has 2 heteroatoms. The highest BCUT2D eigenvalue weighted by Gasteiger charge is 2.40. The molecule has 122 valence electrons. The Morgan fingerprint density at radius 3 is 2.57 bits per heavy atom. The molecule has 2 rings (SSSR count). The first kappa shape index (κ1) is 17.0. The topological polar surface area (TPSA) is 15.3 Å². The van der Waals surface area contributed by atoms with Crippen LogP contribution in [0.4, 0.5) is 0 Å². The van der Waals surface area contributed by atoms with E-state index in [-0.39, 0.29) is 0 Å². The van der Waals surface area contributed by atoms with Gasteiger partial charge in [-0.15, -0.1) is 0 Å². The van der Waals surface area contributed by atoms with E-state index in [0.29, 0.717) is 11.6 Å². The minimum Gasteiger partial charge on any atom is -0.309 e. The number of hydrogen-bond donors (Lipinski definition) is 1. The molecule has 0 radical (unpaired) electrons. The molecule has 21 heavy (non-hydrogen) atoms. The maximum Gasteiger partial charge on any atom is 0.0463 e. The first-order valence-corrected chi connectivity index (χ1v) is 9.39. The fraction of sp³-hybridized carbons (Fsp3) is 0.895. The number of allylic oxidation sites excluding steroid dienone is 1. The third kappa shape index (κ3) is 4.10. The first-order chi connectivity index (χ1) is 10.2. The minimum absolute atomic E-state index is 0.293. The van der Waals surface area contributed by atoms with Crippen LogP contribution < -0.4 is 5.32 Å². The van der Waals surface area contributed by atoms with Crippen molar-refractivity contribution in [1.29, 1.82) is 0 Å². The molecule has 1 fully saturated rings. The molecule has 0 bridgehead atoms. The van der Waals surface area contributed by atoms with Crippen molar-refractivity contribution < 1.29 is 0 Å². The highest BCUT2D eigenvalue weighted by Crippen LogP contribution is 2.34. The average molecular weight is 293 g/mol. The number of likely N-dealkylation sites (tertiary alicyclic amines) is 1. The van der Waals surface area contributed by atoms with Gasteiger partial charge in [-0.25, -0.2) is 0 Å². The van der Waals surface area contributed by atoms with E-state index < -0.39 is 0 Å². The molecule has 2 nitrogen and oxygen atoms in total. The van der Waals surface area contributed by atoms with E-state index in [1.165, 1.54) is 70.9 Å². The zero-order valence-corrected chi connectivity index (χ0v) is 14.6. The van der Waals surface area contributed by atoms with Crippen molar-refractivity contribution in [1.82, 2.24) is 10.2 Å². The molecule has 0 aromatic heterocycles. The molecule has 1 saturated heterocycles. The molecular weight excluding hydrogens is 256 g/mol. The highest BCUT2D eigenvalue weighted by atomic mass is 15.2. The average Bonchev–Trinajstić information content (AvgIpc) is 2.92. The SMILES string of the molecule is CCCNC(C1=CCCCCC1)C(C)(CC)N1CCCC1. The van der Waals surface area contributed by atoms with Crippen LogP contribution in [-0.4, -0.2) is 36.1 Å². The molecule has 1 aliphatic heterocycles. The van der Waals surface area contributed by atoms with Crippen LogP contribution in [0.5, 0.6) is 0 Å². The Kier molecular flexibility index (Phi) is 6.75. The quantitative estimate of drug-likeness (QED) is 0.695. The van der Waals surface area contributed by atoms with Crippen molar-refractivity contribution in [2.75, 3.05) is 19.6 Å². The minimum atomic E-state index is 0.293. The lowest BCUT2D eigenvalue weighted by Gasteiger charge is -2.46. The van der Waals surface area contributed by atoms with Gasteiger partial charge in [0.15, 0.2) is 0 Å². The summed E-state index contributed by atoms with van der Waals surface area (Å²) in [5, 5.41) is 3.93. The van der Waals surface area contributed by atoms with Gasteiger partial charge in [0.05, 0.1) is 0 Å². The number of nitrogens with zero attached hydrogens (tertiary/aromatic N) is 1. The largest absolute Gasteiger partial charge is 0.309 e. The van der Waals surface area contributed by atoms with Gasteiger partial charge in [-0.1, -0.05) is 31.9 Å². The molecule has 1 N–H and O–H groups in total. The summed E-state index contributed by atoms with van der Waals surface area (Å²) in [7, 11) is 0. The van der Waals surface area contributed by atoms with Gasteiger partial charge < -0.3 is 5.32 Å². The van der Waals surface area contributed by atoms with Crippen molar-refractivity contribution in [2.24, 2.45) is 0 Å². The summed E-state index contributed by atoms with van der Waals surface area (Å²) >= 11 is 0. The van der Waals surface area contributed by atoms with E-state index in [1.54, 1.807) is 5.57 Å². The van der Waals surface area contributed by atoms with E-state index in [4.69, 9.17) is 0 Å². The Morgan fingerprint density at radius 1 is 1.14 bits per heavy atom. The third-order valence-electron chi connectivity index (χ3n) is 5.71. The molecule has 2 atom stereocenters. The van der Waals surface area contributed by atoms with Crippen LogP contribution in [0.25, 0.3) is 0 Å². The summed E-state index contributed by atoms with van der Waals surface area (Å²) in [6.45, 7) is 10.9. The van der Waals surface area contributed by atoms with Gasteiger partial charge in [0.1, 0.15) is 0 Å². The lowest BCUT2D eigenvalue weighted by Crippen LogP contribution is -2.59. The zero-order chi connectivity index (χ0) is 15.1. The molecule has 0 saturated carbocycles. The van der Waals surface area contributed by atoms with E-state index in [2.05, 4.69) is 37.1 Å². The van der Waals surface area contributed by atoms with Gasteiger partial charge in [-0.3, -0.25) is 4.90 Å². The summed E-state index contributed by atoms with van der Waals surface area (Å²) in [6.07, 6.45) is 14.6. The van der Waals surface area contributed by atoms with Crippen molar-refractivity contribution in [3.05, 3.63) is 11.6 Å². The van der Waals surface area contributed by atoms with Gasteiger partial charge in [0, 0.05) is 11.6 Å². The third-order valence-corrected chi connectivity index (χ3v) is 5.71. The molecular formula is C19H36N2. The Bertz CT molecular complexity index is 330. The monoisotopic (exact) mass is 292 g/mol. The second kappa shape index (κ2) is 8.33. The van der Waals surface area contributed by atoms with Gasteiger partial charge in [-0.05, 0) is 77.9 Å². The van der Waals surface area contributed by atoms with Gasteiger partial charge in [0.25, 0.3) is 0 Å². The predicted molar refractivity (Wildman–Crippen MR) is 92.8 cm³/mol. The van der Waals surface area contributed by atoms with Crippen molar-refractivity contribution in [3.63, 3.8) is 0 Å². The molecule has 2 unspecified atom stereocenters.